The molecule has 124 valence electrons. The Labute approximate surface area is 140 Å². The first-order chi connectivity index (χ1) is 11.0. The molecule has 3 N–H and O–H groups in total. The molecule has 5 nitrogen and oxygen atoms in total. The lowest BCUT2D eigenvalue weighted by molar-refractivity contribution is 0.117. The van der Waals surface area contributed by atoms with Gasteiger partial charge in [0.25, 0.3) is 0 Å². The Kier molecular flexibility index (Phi) is 6.12. The molecular formula is C17H23N3O2S. The van der Waals surface area contributed by atoms with E-state index in [-0.39, 0.29) is 11.9 Å². The molecule has 1 heterocycles. The lowest BCUT2D eigenvalue weighted by atomic mass is 10.0. The monoisotopic (exact) mass is 333 g/mol. The van der Waals surface area contributed by atoms with Gasteiger partial charge >= 0.3 is 6.03 Å². The van der Waals surface area contributed by atoms with E-state index in [1.54, 1.807) is 11.3 Å². The van der Waals surface area contributed by atoms with Gasteiger partial charge in [0.2, 0.25) is 0 Å². The number of hydrogen-bond acceptors (Lipinski definition) is 4. The van der Waals surface area contributed by atoms with Crippen molar-refractivity contribution in [3.05, 3.63) is 35.3 Å². The van der Waals surface area contributed by atoms with Gasteiger partial charge in [0.1, 0.15) is 5.01 Å². The lowest BCUT2D eigenvalue weighted by Crippen LogP contribution is -2.32. The van der Waals surface area contributed by atoms with Crippen LogP contribution in [0.5, 0.6) is 0 Å². The Morgan fingerprint density at radius 2 is 2.17 bits per heavy atom. The van der Waals surface area contributed by atoms with E-state index in [1.165, 1.54) is 0 Å². The van der Waals surface area contributed by atoms with E-state index in [1.807, 2.05) is 50.4 Å². The van der Waals surface area contributed by atoms with Crippen LogP contribution in [0.2, 0.25) is 0 Å². The van der Waals surface area contributed by atoms with Crippen molar-refractivity contribution < 1.29 is 9.90 Å². The van der Waals surface area contributed by atoms with Crippen molar-refractivity contribution in [2.75, 3.05) is 11.9 Å². The molecule has 0 aliphatic heterocycles. The van der Waals surface area contributed by atoms with E-state index in [2.05, 4.69) is 15.6 Å². The fourth-order valence-corrected chi connectivity index (χ4v) is 2.85. The largest absolute Gasteiger partial charge is 0.393 e. The van der Waals surface area contributed by atoms with Gasteiger partial charge in [-0.05, 0) is 31.4 Å². The van der Waals surface area contributed by atoms with Gasteiger partial charge in [-0.1, -0.05) is 26.0 Å². The molecule has 6 heteroatoms. The normalized spacial score (nSPS) is 12.2. The minimum absolute atomic E-state index is 0.193. The average molecular weight is 333 g/mol. The fraction of sp³-hybridized carbons (Fsp3) is 0.412. The number of aliphatic hydroxyl groups excluding tert-OH is 1. The first kappa shape index (κ1) is 17.4. The van der Waals surface area contributed by atoms with Crippen LogP contribution in [0, 0.1) is 12.8 Å². The van der Waals surface area contributed by atoms with Crippen LogP contribution in [0.4, 0.5) is 10.5 Å². The number of nitrogens with zero attached hydrogens (tertiary/aromatic N) is 1. The zero-order chi connectivity index (χ0) is 16.8. The van der Waals surface area contributed by atoms with E-state index in [0.29, 0.717) is 13.0 Å². The Bertz CT molecular complexity index is 655. The number of aliphatic hydroxyl groups is 1. The highest BCUT2D eigenvalue weighted by atomic mass is 32.1. The number of carbonyl (C=O) groups is 1. The second kappa shape index (κ2) is 8.08. The molecule has 1 aromatic heterocycles. The van der Waals surface area contributed by atoms with Crippen LogP contribution < -0.4 is 10.6 Å². The predicted octanol–water partition coefficient (Wildman–Crippen LogP) is 3.65. The molecule has 0 saturated heterocycles. The summed E-state index contributed by atoms with van der Waals surface area (Å²) in [4.78, 5) is 16.3. The van der Waals surface area contributed by atoms with Crippen LogP contribution in [0.15, 0.2) is 29.6 Å². The second-order valence-electron chi connectivity index (χ2n) is 5.86. The molecule has 1 atom stereocenters. The number of benzene rings is 1. The number of anilines is 1. The highest BCUT2D eigenvalue weighted by Crippen LogP contribution is 2.25. The summed E-state index contributed by atoms with van der Waals surface area (Å²) >= 11 is 1.58. The Morgan fingerprint density at radius 3 is 2.83 bits per heavy atom. The molecule has 0 spiro atoms. The van der Waals surface area contributed by atoms with E-state index in [4.69, 9.17) is 0 Å². The summed E-state index contributed by atoms with van der Waals surface area (Å²) in [7, 11) is 0. The Hall–Kier alpha value is -1.92. The summed E-state index contributed by atoms with van der Waals surface area (Å²) in [6.45, 7) is 6.31. The number of aromatic nitrogens is 1. The zero-order valence-electron chi connectivity index (χ0n) is 13.7. The predicted molar refractivity (Wildman–Crippen MR) is 94.8 cm³/mol. The maximum absolute atomic E-state index is 11.9. The summed E-state index contributed by atoms with van der Waals surface area (Å²) < 4.78 is 0. The number of hydrogen-bond donors (Lipinski definition) is 3. The summed E-state index contributed by atoms with van der Waals surface area (Å²) in [6, 6.07) is 7.34. The highest BCUT2D eigenvalue weighted by Gasteiger charge is 2.10. The number of thiazole rings is 1. The highest BCUT2D eigenvalue weighted by molar-refractivity contribution is 7.13. The molecule has 0 aliphatic carbocycles. The summed E-state index contributed by atoms with van der Waals surface area (Å²) in [6.07, 6.45) is 0.149. The van der Waals surface area contributed by atoms with Crippen LogP contribution in [0.1, 0.15) is 26.0 Å². The number of amides is 2. The van der Waals surface area contributed by atoms with E-state index >= 15 is 0 Å². The fourth-order valence-electron chi connectivity index (χ4n) is 2.06. The van der Waals surface area contributed by atoms with Crippen molar-refractivity contribution in [1.82, 2.24) is 10.3 Å². The molecule has 0 saturated carbocycles. The van der Waals surface area contributed by atoms with Crippen molar-refractivity contribution in [2.24, 2.45) is 5.92 Å². The maximum Gasteiger partial charge on any atom is 0.319 e. The van der Waals surface area contributed by atoms with Crippen LogP contribution in [0.3, 0.4) is 0 Å². The van der Waals surface area contributed by atoms with Gasteiger partial charge in [-0.15, -0.1) is 11.3 Å². The molecule has 2 aromatic rings. The number of rotatable bonds is 6. The van der Waals surface area contributed by atoms with Crippen LogP contribution in [-0.4, -0.2) is 28.8 Å². The summed E-state index contributed by atoms with van der Waals surface area (Å²) in [5.74, 6) is 0.193. The molecule has 23 heavy (non-hydrogen) atoms. The molecule has 0 fully saturated rings. The van der Waals surface area contributed by atoms with Gasteiger partial charge in [-0.3, -0.25) is 0 Å². The third kappa shape index (κ3) is 5.33. The van der Waals surface area contributed by atoms with Crippen molar-refractivity contribution in [3.63, 3.8) is 0 Å². The topological polar surface area (TPSA) is 74.2 Å². The van der Waals surface area contributed by atoms with Crippen molar-refractivity contribution >= 4 is 23.1 Å². The number of carbonyl (C=O) groups excluding carboxylic acids is 1. The maximum atomic E-state index is 11.9. The molecule has 0 bridgehead atoms. The van der Waals surface area contributed by atoms with Crippen molar-refractivity contribution in [1.29, 1.82) is 0 Å². The quantitative estimate of drug-likeness (QED) is 0.755. The molecule has 2 rings (SSSR count). The van der Waals surface area contributed by atoms with Crippen LogP contribution in [-0.2, 0) is 0 Å². The average Bonchev–Trinajstić information content (AvgIpc) is 2.94. The Morgan fingerprint density at radius 1 is 1.39 bits per heavy atom. The second-order valence-corrected chi connectivity index (χ2v) is 6.71. The van der Waals surface area contributed by atoms with Gasteiger partial charge in [0.05, 0.1) is 6.10 Å². The van der Waals surface area contributed by atoms with Crippen LogP contribution >= 0.6 is 11.3 Å². The number of urea groups is 1. The zero-order valence-corrected chi connectivity index (χ0v) is 14.5. The van der Waals surface area contributed by atoms with Crippen molar-refractivity contribution in [2.45, 2.75) is 33.3 Å². The standard InChI is InChI=1S/C17H23N3O2S/c1-11(2)15(21)7-8-18-17(22)20-14-6-4-5-13(9-14)16-19-12(3)10-23-16/h4-6,9-11,15,21H,7-8H2,1-3H3,(H2,18,20,22). The van der Waals surface area contributed by atoms with Gasteiger partial charge in [-0.2, -0.15) is 0 Å². The molecule has 0 radical (unpaired) electrons. The van der Waals surface area contributed by atoms with Gasteiger partial charge in [-0.25, -0.2) is 9.78 Å². The summed E-state index contributed by atoms with van der Waals surface area (Å²) in [5.41, 5.74) is 2.69. The molecule has 2 amide bonds. The van der Waals surface area contributed by atoms with E-state index in [0.717, 1.165) is 22.0 Å². The molecular weight excluding hydrogens is 310 g/mol. The third-order valence-corrected chi connectivity index (χ3v) is 4.49. The number of aryl methyl sites for hydroxylation is 1. The SMILES string of the molecule is Cc1csc(-c2cccc(NC(=O)NCCC(O)C(C)C)c2)n1. The number of nitrogens with one attached hydrogen (secondary N) is 2. The van der Waals surface area contributed by atoms with Gasteiger partial charge in [0, 0.05) is 28.9 Å². The molecule has 1 aromatic carbocycles. The van der Waals surface area contributed by atoms with Crippen molar-refractivity contribution in [3.8, 4) is 10.6 Å². The van der Waals surface area contributed by atoms with Gasteiger partial charge in [0.15, 0.2) is 0 Å². The third-order valence-electron chi connectivity index (χ3n) is 3.48. The Balaban J connectivity index is 1.89. The first-order valence-electron chi connectivity index (χ1n) is 7.71. The van der Waals surface area contributed by atoms with Crippen LogP contribution in [0.25, 0.3) is 10.6 Å². The van der Waals surface area contributed by atoms with Gasteiger partial charge < -0.3 is 15.7 Å². The molecule has 1 unspecified atom stereocenters. The smallest absolute Gasteiger partial charge is 0.319 e. The first-order valence-corrected chi connectivity index (χ1v) is 8.59. The minimum Gasteiger partial charge on any atom is -0.393 e. The van der Waals surface area contributed by atoms with E-state index in [9.17, 15) is 9.90 Å². The van der Waals surface area contributed by atoms with E-state index < -0.39 is 6.10 Å². The minimum atomic E-state index is -0.397. The lowest BCUT2D eigenvalue weighted by Gasteiger charge is -2.14. The molecule has 0 aliphatic rings. The summed E-state index contributed by atoms with van der Waals surface area (Å²) in [5, 5.41) is 18.2.